The highest BCUT2D eigenvalue weighted by molar-refractivity contribution is 7.89. The lowest BCUT2D eigenvalue weighted by Crippen LogP contribution is -2.48. The zero-order chi connectivity index (χ0) is 21.2. The average molecular weight is 420 g/mol. The van der Waals surface area contributed by atoms with Gasteiger partial charge in [-0.05, 0) is 18.6 Å². The molecule has 10 nitrogen and oxygen atoms in total. The first-order valence-corrected chi connectivity index (χ1v) is 10.3. The molecule has 0 spiro atoms. The second-order valence-corrected chi connectivity index (χ2v) is 8.69. The number of hydrogen-bond acceptors (Lipinski definition) is 7. The maximum atomic E-state index is 12.8. The average Bonchev–Trinajstić information content (AvgIpc) is 2.70. The van der Waals surface area contributed by atoms with E-state index in [1.165, 1.54) is 28.6 Å². The van der Waals surface area contributed by atoms with Crippen LogP contribution in [0.3, 0.4) is 0 Å². The summed E-state index contributed by atoms with van der Waals surface area (Å²) in [6.07, 6.45) is 0. The highest BCUT2D eigenvalue weighted by Gasteiger charge is 2.29. The number of nitro groups is 2. The Morgan fingerprint density at radius 3 is 2.24 bits per heavy atom. The summed E-state index contributed by atoms with van der Waals surface area (Å²) < 4.78 is 26.9. The van der Waals surface area contributed by atoms with Crippen LogP contribution >= 0.6 is 0 Å². The zero-order valence-electron chi connectivity index (χ0n) is 15.7. The van der Waals surface area contributed by atoms with E-state index in [0.717, 1.165) is 11.6 Å². The molecule has 1 aliphatic rings. The summed E-state index contributed by atoms with van der Waals surface area (Å²) in [5.41, 5.74) is 1.22. The number of hydrogen-bond donors (Lipinski definition) is 0. The molecule has 0 unspecified atom stereocenters. The number of nitro benzene ring substituents is 2. The van der Waals surface area contributed by atoms with E-state index in [1.807, 2.05) is 11.0 Å². The topological polar surface area (TPSA) is 127 Å². The molecule has 1 aliphatic heterocycles. The lowest BCUT2D eigenvalue weighted by Gasteiger charge is -2.34. The Morgan fingerprint density at radius 1 is 0.966 bits per heavy atom. The van der Waals surface area contributed by atoms with Gasteiger partial charge in [-0.1, -0.05) is 18.2 Å². The molecule has 1 saturated heterocycles. The molecular weight excluding hydrogens is 400 g/mol. The van der Waals surface area contributed by atoms with Crippen molar-refractivity contribution < 1.29 is 18.3 Å². The SMILES string of the molecule is Cc1c(CN2CCN(S(=O)(=O)c3cccc([N+](=O)[O-])c3)CC2)cccc1[N+](=O)[O-]. The summed E-state index contributed by atoms with van der Waals surface area (Å²) in [6, 6.07) is 9.94. The molecule has 0 radical (unpaired) electrons. The van der Waals surface area contributed by atoms with Crippen molar-refractivity contribution in [3.8, 4) is 0 Å². The van der Waals surface area contributed by atoms with Crippen molar-refractivity contribution in [2.24, 2.45) is 0 Å². The van der Waals surface area contributed by atoms with E-state index in [-0.39, 0.29) is 29.4 Å². The van der Waals surface area contributed by atoms with Gasteiger partial charge in [0.1, 0.15) is 0 Å². The van der Waals surface area contributed by atoms with Gasteiger partial charge >= 0.3 is 0 Å². The van der Waals surface area contributed by atoms with Gasteiger partial charge in [-0.3, -0.25) is 25.1 Å². The molecule has 1 fully saturated rings. The summed E-state index contributed by atoms with van der Waals surface area (Å²) in [7, 11) is -3.83. The van der Waals surface area contributed by atoms with Crippen LogP contribution in [0.4, 0.5) is 11.4 Å². The smallest absolute Gasteiger partial charge is 0.272 e. The maximum absolute atomic E-state index is 12.8. The minimum Gasteiger partial charge on any atom is -0.296 e. The Hall–Kier alpha value is -2.89. The molecule has 11 heteroatoms. The van der Waals surface area contributed by atoms with Crippen LogP contribution in [0.1, 0.15) is 11.1 Å². The van der Waals surface area contributed by atoms with Crippen molar-refractivity contribution in [1.82, 2.24) is 9.21 Å². The summed E-state index contributed by atoms with van der Waals surface area (Å²) in [6.45, 7) is 3.57. The minimum absolute atomic E-state index is 0.0642. The van der Waals surface area contributed by atoms with E-state index >= 15 is 0 Å². The highest BCUT2D eigenvalue weighted by atomic mass is 32.2. The van der Waals surface area contributed by atoms with Gasteiger partial charge in [0, 0.05) is 56.5 Å². The van der Waals surface area contributed by atoms with Gasteiger partial charge in [0.15, 0.2) is 0 Å². The molecule has 3 rings (SSSR count). The normalized spacial score (nSPS) is 15.9. The lowest BCUT2D eigenvalue weighted by molar-refractivity contribution is -0.385. The van der Waals surface area contributed by atoms with Gasteiger partial charge in [-0.2, -0.15) is 4.31 Å². The Balaban J connectivity index is 1.69. The quantitative estimate of drug-likeness (QED) is 0.518. The first kappa shape index (κ1) is 20.8. The van der Waals surface area contributed by atoms with Crippen LogP contribution in [0.25, 0.3) is 0 Å². The fraction of sp³-hybridized carbons (Fsp3) is 0.333. The molecular formula is C18H20N4O6S. The molecule has 0 bridgehead atoms. The number of benzene rings is 2. The van der Waals surface area contributed by atoms with Crippen molar-refractivity contribution in [2.75, 3.05) is 26.2 Å². The van der Waals surface area contributed by atoms with Crippen molar-refractivity contribution in [3.05, 3.63) is 73.8 Å². The first-order chi connectivity index (χ1) is 13.7. The number of rotatable bonds is 6. The van der Waals surface area contributed by atoms with Crippen molar-refractivity contribution in [2.45, 2.75) is 18.4 Å². The molecule has 0 N–H and O–H groups in total. The second kappa shape index (κ2) is 8.23. The lowest BCUT2D eigenvalue weighted by atomic mass is 10.1. The van der Waals surface area contributed by atoms with Gasteiger partial charge in [0.2, 0.25) is 10.0 Å². The molecule has 2 aromatic carbocycles. The van der Waals surface area contributed by atoms with Crippen molar-refractivity contribution in [1.29, 1.82) is 0 Å². The predicted molar refractivity (Wildman–Crippen MR) is 105 cm³/mol. The Kier molecular flexibility index (Phi) is 5.91. The zero-order valence-corrected chi connectivity index (χ0v) is 16.5. The van der Waals surface area contributed by atoms with E-state index in [2.05, 4.69) is 0 Å². The number of nitrogens with zero attached hydrogens (tertiary/aromatic N) is 4. The Bertz CT molecular complexity index is 1050. The molecule has 1 heterocycles. The summed E-state index contributed by atoms with van der Waals surface area (Å²) >= 11 is 0. The minimum atomic E-state index is -3.83. The van der Waals surface area contributed by atoms with Crippen molar-refractivity contribution >= 4 is 21.4 Å². The van der Waals surface area contributed by atoms with Gasteiger partial charge < -0.3 is 0 Å². The van der Waals surface area contributed by atoms with Gasteiger partial charge in [-0.15, -0.1) is 0 Å². The van der Waals surface area contributed by atoms with Crippen LogP contribution in [0.2, 0.25) is 0 Å². The Morgan fingerprint density at radius 2 is 1.62 bits per heavy atom. The van der Waals surface area contributed by atoms with E-state index in [0.29, 0.717) is 25.2 Å². The summed E-state index contributed by atoms with van der Waals surface area (Å²) in [5.74, 6) is 0. The Labute approximate surface area is 167 Å². The van der Waals surface area contributed by atoms with Gasteiger partial charge in [-0.25, -0.2) is 8.42 Å². The summed E-state index contributed by atoms with van der Waals surface area (Å²) in [4.78, 5) is 22.9. The molecule has 0 atom stereocenters. The van der Waals surface area contributed by atoms with Crippen LogP contribution in [-0.4, -0.2) is 53.6 Å². The number of sulfonamides is 1. The maximum Gasteiger partial charge on any atom is 0.272 e. The molecule has 0 saturated carbocycles. The molecule has 29 heavy (non-hydrogen) atoms. The third-order valence-corrected chi connectivity index (χ3v) is 6.90. The largest absolute Gasteiger partial charge is 0.296 e. The van der Waals surface area contributed by atoms with Crippen LogP contribution in [-0.2, 0) is 16.6 Å². The molecule has 0 amide bonds. The van der Waals surface area contributed by atoms with Gasteiger partial charge in [0.25, 0.3) is 11.4 Å². The second-order valence-electron chi connectivity index (χ2n) is 6.75. The monoisotopic (exact) mass is 420 g/mol. The van der Waals surface area contributed by atoms with Crippen molar-refractivity contribution in [3.63, 3.8) is 0 Å². The van der Waals surface area contributed by atoms with E-state index < -0.39 is 19.9 Å². The fourth-order valence-electron chi connectivity index (χ4n) is 3.31. The third kappa shape index (κ3) is 4.42. The first-order valence-electron chi connectivity index (χ1n) is 8.90. The fourth-order valence-corrected chi connectivity index (χ4v) is 4.78. The molecule has 0 aromatic heterocycles. The van der Waals surface area contributed by atoms with Crippen LogP contribution in [0.15, 0.2) is 47.4 Å². The molecule has 154 valence electrons. The highest BCUT2D eigenvalue weighted by Crippen LogP contribution is 2.25. The third-order valence-electron chi connectivity index (χ3n) is 5.01. The van der Waals surface area contributed by atoms with Crippen LogP contribution < -0.4 is 0 Å². The van der Waals surface area contributed by atoms with E-state index in [1.54, 1.807) is 13.0 Å². The van der Waals surface area contributed by atoms with E-state index in [4.69, 9.17) is 0 Å². The summed E-state index contributed by atoms with van der Waals surface area (Å²) in [5, 5.41) is 22.0. The van der Waals surface area contributed by atoms with Gasteiger partial charge in [0.05, 0.1) is 14.7 Å². The number of piperazine rings is 1. The standard InChI is InChI=1S/C18H20N4O6S/c1-14-15(4-2-7-18(14)22(25)26)13-19-8-10-20(11-9-19)29(27,28)17-6-3-5-16(12-17)21(23)24/h2-7,12H,8-11,13H2,1H3. The predicted octanol–water partition coefficient (Wildman–Crippen LogP) is 2.32. The number of non-ortho nitro benzene ring substituents is 1. The molecule has 2 aromatic rings. The molecule has 0 aliphatic carbocycles. The van der Waals surface area contributed by atoms with Crippen LogP contribution in [0, 0.1) is 27.2 Å². The van der Waals surface area contributed by atoms with Crippen LogP contribution in [0.5, 0.6) is 0 Å². The van der Waals surface area contributed by atoms with E-state index in [9.17, 15) is 28.6 Å².